The van der Waals surface area contributed by atoms with Crippen LogP contribution in [0.3, 0.4) is 0 Å². The molecule has 3 N–H and O–H groups in total. The molecular formula is C10H5BrFN3O2S. The lowest BCUT2D eigenvalue weighted by Gasteiger charge is -2.06. The lowest BCUT2D eigenvalue weighted by Crippen LogP contribution is -2.02. The Labute approximate surface area is 113 Å². The number of phenols is 1. The first kappa shape index (κ1) is 12.6. The zero-order chi connectivity index (χ0) is 13.3. The van der Waals surface area contributed by atoms with Crippen LogP contribution in [-0.2, 0) is 0 Å². The second-order valence-corrected chi connectivity index (χ2v) is 4.93. The van der Waals surface area contributed by atoms with E-state index in [4.69, 9.17) is 5.26 Å². The number of hydrogen-bond donors (Lipinski definition) is 3. The molecule has 0 bridgehead atoms. The van der Waals surface area contributed by atoms with E-state index in [0.29, 0.717) is 10.7 Å². The summed E-state index contributed by atoms with van der Waals surface area (Å²) in [5.41, 5.74) is -0.253. The number of nitrogens with zero attached hydrogens (tertiary/aromatic N) is 1. The summed E-state index contributed by atoms with van der Waals surface area (Å²) in [6, 6.07) is 4.25. The molecule has 8 heteroatoms. The molecule has 0 aliphatic heterocycles. The van der Waals surface area contributed by atoms with Crippen molar-refractivity contribution >= 4 is 38.2 Å². The van der Waals surface area contributed by atoms with Crippen molar-refractivity contribution in [1.82, 2.24) is 4.37 Å². The van der Waals surface area contributed by atoms with E-state index in [2.05, 4.69) is 25.6 Å². The molecule has 92 valence electrons. The van der Waals surface area contributed by atoms with E-state index in [1.807, 2.05) is 0 Å². The zero-order valence-corrected chi connectivity index (χ0v) is 11.0. The molecule has 2 rings (SSSR count). The highest BCUT2D eigenvalue weighted by molar-refractivity contribution is 9.10. The quantitative estimate of drug-likeness (QED) is 0.739. The Hall–Kier alpha value is -1.85. The lowest BCUT2D eigenvalue weighted by molar-refractivity contribution is 0.429. The van der Waals surface area contributed by atoms with Crippen molar-refractivity contribution in [2.45, 2.75) is 0 Å². The molecule has 0 aliphatic carbocycles. The molecule has 1 heterocycles. The number of benzene rings is 1. The summed E-state index contributed by atoms with van der Waals surface area (Å²) in [5.74, 6) is -1.31. The highest BCUT2D eigenvalue weighted by atomic mass is 79.9. The fourth-order valence-corrected chi connectivity index (χ4v) is 2.40. The second-order valence-electron chi connectivity index (χ2n) is 3.26. The Bertz CT molecular complexity index is 681. The van der Waals surface area contributed by atoms with Gasteiger partial charge < -0.3 is 10.4 Å². The molecule has 0 saturated carbocycles. The van der Waals surface area contributed by atoms with Gasteiger partial charge in [-0.3, -0.25) is 9.17 Å². The Morgan fingerprint density at radius 2 is 2.28 bits per heavy atom. The first-order valence-corrected chi connectivity index (χ1v) is 6.20. The van der Waals surface area contributed by atoms with Crippen molar-refractivity contribution < 1.29 is 9.50 Å². The van der Waals surface area contributed by atoms with Gasteiger partial charge in [0.25, 0.3) is 5.56 Å². The molecule has 5 nitrogen and oxygen atoms in total. The van der Waals surface area contributed by atoms with Crippen molar-refractivity contribution in [2.24, 2.45) is 0 Å². The summed E-state index contributed by atoms with van der Waals surface area (Å²) >= 11 is 3.93. The number of halogens is 2. The minimum Gasteiger partial charge on any atom is -0.504 e. The monoisotopic (exact) mass is 329 g/mol. The van der Waals surface area contributed by atoms with Gasteiger partial charge in [0.15, 0.2) is 17.1 Å². The highest BCUT2D eigenvalue weighted by Crippen LogP contribution is 2.32. The molecule has 1 aromatic carbocycles. The standard InChI is InChI=1S/C10H5BrFN3O2S/c11-6-1-4(2-7(12)8(6)16)14-10-5(3-13)9(17)15-18-10/h1-2,14,16H,(H,15,17). The molecule has 1 aromatic heterocycles. The molecule has 0 atom stereocenters. The summed E-state index contributed by atoms with van der Waals surface area (Å²) in [5, 5.41) is 21.1. The molecule has 2 aromatic rings. The molecular weight excluding hydrogens is 325 g/mol. The number of aromatic amines is 1. The van der Waals surface area contributed by atoms with E-state index in [1.165, 1.54) is 6.07 Å². The molecule has 0 unspecified atom stereocenters. The molecule has 0 fully saturated rings. The summed E-state index contributed by atoms with van der Waals surface area (Å²) in [6.07, 6.45) is 0. The van der Waals surface area contributed by atoms with E-state index in [1.54, 1.807) is 6.07 Å². The molecule has 0 radical (unpaired) electrons. The predicted molar refractivity (Wildman–Crippen MR) is 68.7 cm³/mol. The van der Waals surface area contributed by atoms with E-state index in [-0.39, 0.29) is 10.0 Å². The van der Waals surface area contributed by atoms with Crippen LogP contribution in [0.25, 0.3) is 0 Å². The van der Waals surface area contributed by atoms with Crippen LogP contribution < -0.4 is 10.9 Å². The smallest absolute Gasteiger partial charge is 0.278 e. The fourth-order valence-electron chi connectivity index (χ4n) is 1.26. The van der Waals surface area contributed by atoms with Crippen LogP contribution in [0.4, 0.5) is 15.1 Å². The molecule has 0 amide bonds. The van der Waals surface area contributed by atoms with Gasteiger partial charge in [-0.1, -0.05) is 0 Å². The van der Waals surface area contributed by atoms with E-state index >= 15 is 0 Å². The maximum atomic E-state index is 13.3. The van der Waals surface area contributed by atoms with Gasteiger partial charge in [-0.25, -0.2) is 4.39 Å². The van der Waals surface area contributed by atoms with Gasteiger partial charge in [-0.05, 0) is 33.5 Å². The van der Waals surface area contributed by atoms with Crippen LogP contribution >= 0.6 is 27.5 Å². The zero-order valence-electron chi connectivity index (χ0n) is 8.62. The maximum absolute atomic E-state index is 13.3. The summed E-state index contributed by atoms with van der Waals surface area (Å²) in [4.78, 5) is 11.2. The number of nitrogens with one attached hydrogen (secondary N) is 2. The number of anilines is 2. The van der Waals surface area contributed by atoms with Gasteiger partial charge in [0, 0.05) is 11.8 Å². The minimum absolute atomic E-state index is 0.0652. The second kappa shape index (κ2) is 4.80. The average Bonchev–Trinajstić information content (AvgIpc) is 2.66. The van der Waals surface area contributed by atoms with E-state index < -0.39 is 17.1 Å². The first-order chi connectivity index (χ1) is 8.52. The molecule has 18 heavy (non-hydrogen) atoms. The third kappa shape index (κ3) is 2.23. The van der Waals surface area contributed by atoms with Crippen molar-refractivity contribution in [2.75, 3.05) is 5.32 Å². The van der Waals surface area contributed by atoms with Gasteiger partial charge in [0.2, 0.25) is 0 Å². The van der Waals surface area contributed by atoms with Gasteiger partial charge in [0.1, 0.15) is 11.1 Å². The van der Waals surface area contributed by atoms with Crippen molar-refractivity contribution in [3.05, 3.63) is 38.3 Å². The van der Waals surface area contributed by atoms with E-state index in [0.717, 1.165) is 17.6 Å². The van der Waals surface area contributed by atoms with Gasteiger partial charge in [0.05, 0.1) is 4.47 Å². The summed E-state index contributed by atoms with van der Waals surface area (Å²) in [7, 11) is 0. The number of nitriles is 1. The average molecular weight is 330 g/mol. The van der Waals surface area contributed by atoms with E-state index in [9.17, 15) is 14.3 Å². The largest absolute Gasteiger partial charge is 0.504 e. The highest BCUT2D eigenvalue weighted by Gasteiger charge is 2.12. The first-order valence-electron chi connectivity index (χ1n) is 4.59. The van der Waals surface area contributed by atoms with Crippen LogP contribution in [0.2, 0.25) is 0 Å². The molecule has 0 aliphatic rings. The fraction of sp³-hybridized carbons (Fsp3) is 0. The van der Waals surface area contributed by atoms with Crippen LogP contribution in [-0.4, -0.2) is 9.48 Å². The van der Waals surface area contributed by atoms with Crippen LogP contribution in [0.5, 0.6) is 5.75 Å². The lowest BCUT2D eigenvalue weighted by atomic mass is 10.3. The minimum atomic E-state index is -0.812. The third-order valence-electron chi connectivity index (χ3n) is 2.09. The predicted octanol–water partition coefficient (Wildman–Crippen LogP) is 2.66. The van der Waals surface area contributed by atoms with Crippen LogP contribution in [0.1, 0.15) is 5.56 Å². The Morgan fingerprint density at radius 1 is 1.56 bits per heavy atom. The normalized spacial score (nSPS) is 10.1. The number of hydrogen-bond acceptors (Lipinski definition) is 5. The van der Waals surface area contributed by atoms with Crippen molar-refractivity contribution in [1.29, 1.82) is 5.26 Å². The Kier molecular flexibility index (Phi) is 3.36. The SMILES string of the molecule is N#Cc1c(Nc2cc(F)c(O)c(Br)c2)s[nH]c1=O. The molecule has 0 spiro atoms. The number of aromatic hydroxyl groups is 1. The maximum Gasteiger partial charge on any atom is 0.278 e. The van der Waals surface area contributed by atoms with Crippen LogP contribution in [0.15, 0.2) is 21.4 Å². The van der Waals surface area contributed by atoms with Gasteiger partial charge >= 0.3 is 0 Å². The summed E-state index contributed by atoms with van der Waals surface area (Å²) in [6.45, 7) is 0. The summed E-state index contributed by atoms with van der Waals surface area (Å²) < 4.78 is 15.8. The number of rotatable bonds is 2. The Morgan fingerprint density at radius 3 is 2.89 bits per heavy atom. The van der Waals surface area contributed by atoms with Crippen LogP contribution in [0, 0.1) is 17.1 Å². The number of aromatic nitrogens is 1. The van der Waals surface area contributed by atoms with Gasteiger partial charge in [-0.15, -0.1) is 0 Å². The third-order valence-corrected chi connectivity index (χ3v) is 3.49. The van der Waals surface area contributed by atoms with Crippen molar-refractivity contribution in [3.8, 4) is 11.8 Å². The Balaban J connectivity index is 2.41. The number of phenolic OH excluding ortho intramolecular Hbond substituents is 1. The number of H-pyrrole nitrogens is 1. The van der Waals surface area contributed by atoms with Crippen molar-refractivity contribution in [3.63, 3.8) is 0 Å². The molecule has 0 saturated heterocycles. The topological polar surface area (TPSA) is 88.9 Å². The van der Waals surface area contributed by atoms with Gasteiger partial charge in [-0.2, -0.15) is 5.26 Å².